The maximum atomic E-state index is 4.53. The first-order valence-corrected chi connectivity index (χ1v) is 8.10. The minimum Gasteiger partial charge on any atom is -0.370 e. The van der Waals surface area contributed by atoms with Crippen molar-refractivity contribution in [3.8, 4) is 0 Å². The molecule has 0 unspecified atom stereocenters. The minimum absolute atomic E-state index is 0.622. The van der Waals surface area contributed by atoms with Gasteiger partial charge in [-0.15, -0.1) is 0 Å². The molecular formula is C18H27N5. The molecule has 124 valence electrons. The summed E-state index contributed by atoms with van der Waals surface area (Å²) in [4.78, 5) is 11.0. The van der Waals surface area contributed by atoms with Crippen LogP contribution >= 0.6 is 0 Å². The van der Waals surface area contributed by atoms with Crippen LogP contribution in [0.1, 0.15) is 24.0 Å². The fourth-order valence-corrected chi connectivity index (χ4v) is 2.28. The number of rotatable bonds is 8. The first-order chi connectivity index (χ1) is 11.0. The summed E-state index contributed by atoms with van der Waals surface area (Å²) in [7, 11) is 4.20. The van der Waals surface area contributed by atoms with Gasteiger partial charge in [-0.05, 0) is 70.6 Å². The molecule has 2 rings (SSSR count). The third-order valence-electron chi connectivity index (χ3n) is 3.63. The van der Waals surface area contributed by atoms with E-state index in [0.29, 0.717) is 5.95 Å². The number of unbranched alkanes of at least 4 members (excludes halogenated alkanes) is 1. The van der Waals surface area contributed by atoms with Gasteiger partial charge in [0.2, 0.25) is 5.95 Å². The average molecular weight is 313 g/mol. The van der Waals surface area contributed by atoms with Crippen LogP contribution in [0.3, 0.4) is 0 Å². The summed E-state index contributed by atoms with van der Waals surface area (Å²) in [5.41, 5.74) is 3.45. The summed E-state index contributed by atoms with van der Waals surface area (Å²) >= 11 is 0. The molecule has 0 spiro atoms. The molecule has 0 amide bonds. The van der Waals surface area contributed by atoms with Crippen molar-refractivity contribution < 1.29 is 0 Å². The van der Waals surface area contributed by atoms with Gasteiger partial charge in [0.15, 0.2) is 0 Å². The van der Waals surface area contributed by atoms with Crippen molar-refractivity contribution in [1.82, 2.24) is 14.9 Å². The third-order valence-corrected chi connectivity index (χ3v) is 3.63. The number of nitrogens with zero attached hydrogens (tertiary/aromatic N) is 3. The largest absolute Gasteiger partial charge is 0.370 e. The van der Waals surface area contributed by atoms with Gasteiger partial charge in [0, 0.05) is 18.4 Å². The van der Waals surface area contributed by atoms with E-state index in [4.69, 9.17) is 0 Å². The number of hydrogen-bond donors (Lipinski definition) is 2. The number of benzene rings is 1. The Kier molecular flexibility index (Phi) is 6.35. The number of aromatic nitrogens is 2. The quantitative estimate of drug-likeness (QED) is 0.729. The van der Waals surface area contributed by atoms with E-state index in [0.717, 1.165) is 31.0 Å². The second kappa shape index (κ2) is 8.48. The standard InChI is InChI=1S/C18H27N5/c1-14-7-8-15(2)16(13-14)21-18-20-11-9-17(22-18)19-10-5-6-12-23(3)4/h7-9,11,13H,5-6,10,12H2,1-4H3,(H2,19,20,21,22). The van der Waals surface area contributed by atoms with Crippen LogP contribution in [-0.4, -0.2) is 42.1 Å². The zero-order valence-corrected chi connectivity index (χ0v) is 14.6. The van der Waals surface area contributed by atoms with Gasteiger partial charge >= 0.3 is 0 Å². The van der Waals surface area contributed by atoms with E-state index in [-0.39, 0.29) is 0 Å². The van der Waals surface area contributed by atoms with Gasteiger partial charge in [-0.3, -0.25) is 0 Å². The average Bonchev–Trinajstić information content (AvgIpc) is 2.51. The molecule has 0 atom stereocenters. The van der Waals surface area contributed by atoms with E-state index in [9.17, 15) is 0 Å². The lowest BCUT2D eigenvalue weighted by Gasteiger charge is -2.11. The fourth-order valence-electron chi connectivity index (χ4n) is 2.28. The zero-order valence-electron chi connectivity index (χ0n) is 14.6. The highest BCUT2D eigenvalue weighted by Gasteiger charge is 2.03. The van der Waals surface area contributed by atoms with E-state index in [1.54, 1.807) is 6.20 Å². The smallest absolute Gasteiger partial charge is 0.229 e. The first kappa shape index (κ1) is 17.2. The Balaban J connectivity index is 1.90. The van der Waals surface area contributed by atoms with Gasteiger partial charge in [-0.25, -0.2) is 4.98 Å². The Morgan fingerprint density at radius 3 is 2.70 bits per heavy atom. The van der Waals surface area contributed by atoms with E-state index >= 15 is 0 Å². The minimum atomic E-state index is 0.622. The van der Waals surface area contributed by atoms with Crippen LogP contribution in [0.4, 0.5) is 17.5 Å². The summed E-state index contributed by atoms with van der Waals surface area (Å²) in [5, 5.41) is 6.66. The van der Waals surface area contributed by atoms with E-state index in [1.807, 2.05) is 6.07 Å². The Labute approximate surface area is 139 Å². The van der Waals surface area contributed by atoms with Gasteiger partial charge < -0.3 is 15.5 Å². The fraction of sp³-hybridized carbons (Fsp3) is 0.444. The van der Waals surface area contributed by atoms with Crippen LogP contribution < -0.4 is 10.6 Å². The van der Waals surface area contributed by atoms with Crippen LogP contribution in [-0.2, 0) is 0 Å². The van der Waals surface area contributed by atoms with Gasteiger partial charge in [0.25, 0.3) is 0 Å². The highest BCUT2D eigenvalue weighted by atomic mass is 15.1. The highest BCUT2D eigenvalue weighted by Crippen LogP contribution is 2.20. The lowest BCUT2D eigenvalue weighted by atomic mass is 10.1. The van der Waals surface area contributed by atoms with Crippen molar-refractivity contribution in [3.05, 3.63) is 41.6 Å². The molecule has 0 bridgehead atoms. The maximum absolute atomic E-state index is 4.53. The highest BCUT2D eigenvalue weighted by molar-refractivity contribution is 5.60. The Morgan fingerprint density at radius 1 is 1.09 bits per heavy atom. The van der Waals surface area contributed by atoms with E-state index < -0.39 is 0 Å². The van der Waals surface area contributed by atoms with Crippen molar-refractivity contribution in [2.24, 2.45) is 0 Å². The van der Waals surface area contributed by atoms with Crippen LogP contribution in [0.25, 0.3) is 0 Å². The predicted octanol–water partition coefficient (Wildman–Crippen LogP) is 3.59. The molecule has 0 aliphatic heterocycles. The molecule has 2 N–H and O–H groups in total. The van der Waals surface area contributed by atoms with E-state index in [2.05, 4.69) is 71.6 Å². The SMILES string of the molecule is Cc1ccc(C)c(Nc2nccc(NCCCCN(C)C)n2)c1. The van der Waals surface area contributed by atoms with Crippen molar-refractivity contribution >= 4 is 17.5 Å². The van der Waals surface area contributed by atoms with E-state index in [1.165, 1.54) is 17.5 Å². The molecule has 23 heavy (non-hydrogen) atoms. The first-order valence-electron chi connectivity index (χ1n) is 8.10. The summed E-state index contributed by atoms with van der Waals surface area (Å²) in [6, 6.07) is 8.22. The molecule has 0 saturated carbocycles. The summed E-state index contributed by atoms with van der Waals surface area (Å²) in [6.45, 7) is 6.20. The van der Waals surface area contributed by atoms with Crippen molar-refractivity contribution in [2.45, 2.75) is 26.7 Å². The lowest BCUT2D eigenvalue weighted by molar-refractivity contribution is 0.396. The maximum Gasteiger partial charge on any atom is 0.229 e. The molecule has 5 heteroatoms. The number of anilines is 3. The van der Waals surface area contributed by atoms with Crippen molar-refractivity contribution in [3.63, 3.8) is 0 Å². The molecule has 1 aromatic heterocycles. The van der Waals surface area contributed by atoms with Crippen LogP contribution in [0.2, 0.25) is 0 Å². The third kappa shape index (κ3) is 5.87. The molecular weight excluding hydrogens is 286 g/mol. The molecule has 0 aliphatic rings. The van der Waals surface area contributed by atoms with Crippen LogP contribution in [0.15, 0.2) is 30.5 Å². The number of aryl methyl sites for hydroxylation is 2. The zero-order chi connectivity index (χ0) is 16.7. The number of hydrogen-bond acceptors (Lipinski definition) is 5. The monoisotopic (exact) mass is 313 g/mol. The van der Waals surface area contributed by atoms with Gasteiger partial charge in [-0.1, -0.05) is 12.1 Å². The van der Waals surface area contributed by atoms with Crippen LogP contribution in [0.5, 0.6) is 0 Å². The van der Waals surface area contributed by atoms with Crippen molar-refractivity contribution in [2.75, 3.05) is 37.8 Å². The van der Waals surface area contributed by atoms with Crippen molar-refractivity contribution in [1.29, 1.82) is 0 Å². The normalized spacial score (nSPS) is 10.8. The molecule has 1 aromatic carbocycles. The Hall–Kier alpha value is -2.14. The molecule has 2 aromatic rings. The van der Waals surface area contributed by atoms with Crippen LogP contribution in [0, 0.1) is 13.8 Å². The molecule has 0 aliphatic carbocycles. The summed E-state index contributed by atoms with van der Waals surface area (Å²) in [6.07, 6.45) is 4.09. The Bertz CT molecular complexity index is 625. The lowest BCUT2D eigenvalue weighted by Crippen LogP contribution is -2.14. The predicted molar refractivity (Wildman–Crippen MR) is 97.5 cm³/mol. The van der Waals surface area contributed by atoms with Gasteiger partial charge in [0.05, 0.1) is 0 Å². The molecule has 0 radical (unpaired) electrons. The topological polar surface area (TPSA) is 53.1 Å². The molecule has 0 fully saturated rings. The second-order valence-corrected chi connectivity index (χ2v) is 6.15. The molecule has 5 nitrogen and oxygen atoms in total. The second-order valence-electron chi connectivity index (χ2n) is 6.15. The molecule has 1 heterocycles. The molecule has 0 saturated heterocycles. The Morgan fingerprint density at radius 2 is 1.91 bits per heavy atom. The summed E-state index contributed by atoms with van der Waals surface area (Å²) in [5.74, 6) is 1.48. The summed E-state index contributed by atoms with van der Waals surface area (Å²) < 4.78 is 0. The van der Waals surface area contributed by atoms with Gasteiger partial charge in [-0.2, -0.15) is 4.98 Å². The number of nitrogens with one attached hydrogen (secondary N) is 2. The van der Waals surface area contributed by atoms with Gasteiger partial charge in [0.1, 0.15) is 5.82 Å².